The van der Waals surface area contributed by atoms with E-state index < -0.39 is 0 Å². The quantitative estimate of drug-likeness (QED) is 0.601. The van der Waals surface area contributed by atoms with Crippen LogP contribution in [0.1, 0.15) is 24.8 Å². The van der Waals surface area contributed by atoms with Crippen molar-refractivity contribution in [2.75, 3.05) is 30.3 Å². The molecule has 0 aromatic heterocycles. The zero-order valence-electron chi connectivity index (χ0n) is 16.6. The molecule has 1 saturated heterocycles. The van der Waals surface area contributed by atoms with Crippen LogP contribution in [-0.4, -0.2) is 42.5 Å². The number of para-hydroxylation sites is 1. The number of likely N-dealkylation sites (tertiary alicyclic amines) is 1. The number of halogens is 1. The molecule has 154 valence electrons. The average Bonchev–Trinajstić information content (AvgIpc) is 2.70. The second-order valence-electron chi connectivity index (χ2n) is 7.35. The van der Waals surface area contributed by atoms with Crippen LogP contribution in [0.2, 0.25) is 0 Å². The van der Waals surface area contributed by atoms with E-state index in [4.69, 9.17) is 0 Å². The van der Waals surface area contributed by atoms with E-state index in [-0.39, 0.29) is 18.0 Å². The van der Waals surface area contributed by atoms with Crippen molar-refractivity contribution in [2.24, 2.45) is 0 Å². The zero-order chi connectivity index (χ0) is 20.6. The minimum absolute atomic E-state index is 0.0461. The van der Waals surface area contributed by atoms with Crippen molar-refractivity contribution in [3.05, 3.63) is 58.6 Å². The first-order chi connectivity index (χ1) is 14.0. The molecule has 0 radical (unpaired) electrons. The standard InChI is InChI=1S/C22H27BrN4O2/c1-16-10-11-20(19(23)13-16)26-21(28)15-27-12-6-5-9-18(27)14-24-22(29)25-17-7-3-2-4-8-17/h2-4,7-8,10-11,13,18H,5-6,9,12,14-15H2,1H3,(H,26,28)(H2,24,25,29)/t18-/m1/s1. The highest BCUT2D eigenvalue weighted by Gasteiger charge is 2.25. The molecule has 6 nitrogen and oxygen atoms in total. The second-order valence-corrected chi connectivity index (χ2v) is 8.21. The van der Waals surface area contributed by atoms with Crippen LogP contribution in [0, 0.1) is 6.92 Å². The molecule has 2 aromatic rings. The molecular formula is C22H27BrN4O2. The molecule has 3 amide bonds. The van der Waals surface area contributed by atoms with Gasteiger partial charge in [0.1, 0.15) is 0 Å². The number of amides is 3. The summed E-state index contributed by atoms with van der Waals surface area (Å²) in [5, 5.41) is 8.74. The Morgan fingerprint density at radius 1 is 1.10 bits per heavy atom. The maximum atomic E-state index is 12.6. The SMILES string of the molecule is Cc1ccc(NC(=O)CN2CCCC[C@@H]2CNC(=O)Nc2ccccc2)c(Br)c1. The first-order valence-corrected chi connectivity index (χ1v) is 10.7. The van der Waals surface area contributed by atoms with Gasteiger partial charge < -0.3 is 16.0 Å². The van der Waals surface area contributed by atoms with Crippen molar-refractivity contribution < 1.29 is 9.59 Å². The Balaban J connectivity index is 1.51. The molecule has 0 unspecified atom stereocenters. The summed E-state index contributed by atoms with van der Waals surface area (Å²) >= 11 is 3.50. The number of urea groups is 1. The predicted octanol–water partition coefficient (Wildman–Crippen LogP) is 4.37. The number of nitrogens with one attached hydrogen (secondary N) is 3. The lowest BCUT2D eigenvalue weighted by Crippen LogP contribution is -2.49. The number of nitrogens with zero attached hydrogens (tertiary/aromatic N) is 1. The second kappa shape index (κ2) is 10.4. The summed E-state index contributed by atoms with van der Waals surface area (Å²) in [6, 6.07) is 15.1. The van der Waals surface area contributed by atoms with Crippen LogP contribution in [0.5, 0.6) is 0 Å². The van der Waals surface area contributed by atoms with E-state index in [9.17, 15) is 9.59 Å². The number of hydrogen-bond acceptors (Lipinski definition) is 3. The molecule has 0 bridgehead atoms. The Morgan fingerprint density at radius 2 is 1.90 bits per heavy atom. The first kappa shape index (κ1) is 21.3. The Labute approximate surface area is 180 Å². The third-order valence-electron chi connectivity index (χ3n) is 5.02. The van der Waals surface area contributed by atoms with E-state index >= 15 is 0 Å². The van der Waals surface area contributed by atoms with Gasteiger partial charge in [-0.1, -0.05) is 30.7 Å². The van der Waals surface area contributed by atoms with Gasteiger partial charge >= 0.3 is 6.03 Å². The molecule has 1 aliphatic heterocycles. The molecule has 2 aromatic carbocycles. The molecule has 0 aliphatic carbocycles. The Bertz CT molecular complexity index is 844. The average molecular weight is 459 g/mol. The summed E-state index contributed by atoms with van der Waals surface area (Å²) in [7, 11) is 0. The lowest BCUT2D eigenvalue weighted by atomic mass is 10.0. The number of hydrogen-bond donors (Lipinski definition) is 3. The smallest absolute Gasteiger partial charge is 0.319 e. The van der Waals surface area contributed by atoms with Crippen LogP contribution in [0.4, 0.5) is 16.2 Å². The monoisotopic (exact) mass is 458 g/mol. The molecule has 3 rings (SSSR count). The summed E-state index contributed by atoms with van der Waals surface area (Å²) in [6.45, 7) is 3.69. The Kier molecular flexibility index (Phi) is 7.66. The van der Waals surface area contributed by atoms with Crippen molar-refractivity contribution in [2.45, 2.75) is 32.2 Å². The van der Waals surface area contributed by atoms with E-state index in [1.807, 2.05) is 55.5 Å². The van der Waals surface area contributed by atoms with Gasteiger partial charge in [0, 0.05) is 22.7 Å². The van der Waals surface area contributed by atoms with Gasteiger partial charge in [-0.2, -0.15) is 0 Å². The van der Waals surface area contributed by atoms with E-state index in [1.54, 1.807) is 0 Å². The summed E-state index contributed by atoms with van der Waals surface area (Å²) in [4.78, 5) is 26.9. The van der Waals surface area contributed by atoms with E-state index in [0.717, 1.165) is 47.2 Å². The molecule has 1 fully saturated rings. The molecule has 3 N–H and O–H groups in total. The number of rotatable bonds is 6. The number of anilines is 2. The lowest BCUT2D eigenvalue weighted by molar-refractivity contribution is -0.118. The minimum Gasteiger partial charge on any atom is -0.336 e. The summed E-state index contributed by atoms with van der Waals surface area (Å²) in [6.07, 6.45) is 3.13. The van der Waals surface area contributed by atoms with E-state index in [0.29, 0.717) is 13.1 Å². The van der Waals surface area contributed by atoms with Gasteiger partial charge in [-0.3, -0.25) is 9.69 Å². The third kappa shape index (κ3) is 6.58. The molecule has 29 heavy (non-hydrogen) atoms. The van der Waals surface area contributed by atoms with Gasteiger partial charge in [-0.05, 0) is 72.1 Å². The fraction of sp³-hybridized carbons (Fsp3) is 0.364. The van der Waals surface area contributed by atoms with Gasteiger partial charge in [0.2, 0.25) is 5.91 Å². The third-order valence-corrected chi connectivity index (χ3v) is 5.68. The normalized spacial score (nSPS) is 16.8. The van der Waals surface area contributed by atoms with Crippen LogP contribution in [-0.2, 0) is 4.79 Å². The van der Waals surface area contributed by atoms with Crippen LogP contribution in [0.25, 0.3) is 0 Å². The van der Waals surface area contributed by atoms with Crippen molar-refractivity contribution >= 4 is 39.2 Å². The maximum Gasteiger partial charge on any atom is 0.319 e. The topological polar surface area (TPSA) is 73.5 Å². The Morgan fingerprint density at radius 3 is 2.66 bits per heavy atom. The lowest BCUT2D eigenvalue weighted by Gasteiger charge is -2.35. The summed E-state index contributed by atoms with van der Waals surface area (Å²) in [5.74, 6) is -0.0461. The minimum atomic E-state index is -0.227. The fourth-order valence-corrected chi connectivity index (χ4v) is 4.09. The van der Waals surface area contributed by atoms with Crippen molar-refractivity contribution in [1.82, 2.24) is 10.2 Å². The summed E-state index contributed by atoms with van der Waals surface area (Å²) < 4.78 is 0.875. The van der Waals surface area contributed by atoms with E-state index in [2.05, 4.69) is 36.8 Å². The van der Waals surface area contributed by atoms with Crippen molar-refractivity contribution in [3.8, 4) is 0 Å². The summed E-state index contributed by atoms with van der Waals surface area (Å²) in [5.41, 5.74) is 2.66. The highest BCUT2D eigenvalue weighted by molar-refractivity contribution is 9.10. The number of piperidine rings is 1. The fourth-order valence-electron chi connectivity index (χ4n) is 3.50. The largest absolute Gasteiger partial charge is 0.336 e. The van der Waals surface area contributed by atoms with Crippen LogP contribution < -0.4 is 16.0 Å². The molecule has 0 saturated carbocycles. The molecular weight excluding hydrogens is 432 g/mol. The van der Waals surface area contributed by atoms with Gasteiger partial charge in [0.05, 0.1) is 12.2 Å². The van der Waals surface area contributed by atoms with Crippen molar-refractivity contribution in [3.63, 3.8) is 0 Å². The number of benzene rings is 2. The van der Waals surface area contributed by atoms with Crippen molar-refractivity contribution in [1.29, 1.82) is 0 Å². The van der Waals surface area contributed by atoms with Gasteiger partial charge in [-0.15, -0.1) is 0 Å². The predicted molar refractivity (Wildman–Crippen MR) is 120 cm³/mol. The number of carbonyl (C=O) groups is 2. The molecule has 0 spiro atoms. The maximum absolute atomic E-state index is 12.6. The highest BCUT2D eigenvalue weighted by Crippen LogP contribution is 2.23. The van der Waals surface area contributed by atoms with Crippen LogP contribution >= 0.6 is 15.9 Å². The molecule has 1 atom stereocenters. The van der Waals surface area contributed by atoms with Crippen LogP contribution in [0.15, 0.2) is 53.0 Å². The zero-order valence-corrected chi connectivity index (χ0v) is 18.2. The molecule has 1 aliphatic rings. The number of carbonyl (C=O) groups excluding carboxylic acids is 2. The Hall–Kier alpha value is -2.38. The van der Waals surface area contributed by atoms with Gasteiger partial charge in [0.25, 0.3) is 0 Å². The van der Waals surface area contributed by atoms with Crippen LogP contribution in [0.3, 0.4) is 0 Å². The molecule has 1 heterocycles. The highest BCUT2D eigenvalue weighted by atomic mass is 79.9. The number of aryl methyl sites for hydroxylation is 1. The van der Waals surface area contributed by atoms with Gasteiger partial charge in [-0.25, -0.2) is 4.79 Å². The van der Waals surface area contributed by atoms with E-state index in [1.165, 1.54) is 0 Å². The van der Waals surface area contributed by atoms with Gasteiger partial charge in [0.15, 0.2) is 0 Å². The first-order valence-electron chi connectivity index (χ1n) is 9.91. The molecule has 7 heteroatoms.